The molecule has 0 fully saturated rings. The van der Waals surface area contributed by atoms with E-state index >= 15 is 0 Å². The highest BCUT2D eigenvalue weighted by atomic mass is 32.2. The van der Waals surface area contributed by atoms with Crippen molar-refractivity contribution in [2.45, 2.75) is 57.8 Å². The minimum atomic E-state index is -1.19. The van der Waals surface area contributed by atoms with E-state index in [0.717, 1.165) is 5.56 Å². The molecule has 1 aromatic rings. The first kappa shape index (κ1) is 28.2. The molecule has 4 atom stereocenters. The number of phenolic OH excluding ortho intramolecular Hbond substituents is 1. The summed E-state index contributed by atoms with van der Waals surface area (Å²) in [4.78, 5) is 49.1. The van der Waals surface area contributed by atoms with Crippen LogP contribution in [0.25, 0.3) is 0 Å². The molecule has 1 rings (SSSR count). The van der Waals surface area contributed by atoms with Crippen molar-refractivity contribution in [3.63, 3.8) is 0 Å². The van der Waals surface area contributed by atoms with Gasteiger partial charge in [-0.1, -0.05) is 26.0 Å². The van der Waals surface area contributed by atoms with E-state index in [1.165, 1.54) is 30.8 Å². The number of aromatic hydroxyl groups is 1. The maximum absolute atomic E-state index is 12.9. The van der Waals surface area contributed by atoms with Crippen molar-refractivity contribution < 1.29 is 29.4 Å². The standard InChI is InChI=1S/C22H34N4O6S/c1-12(2)18(26-19(28)16(23)11-14-5-7-15(27)8-6-14)21(30)25-17(9-10-33-4)20(29)24-13(3)22(31)32/h5-8,12-13,16-18,27H,9-11,23H2,1-4H3,(H,24,29)(H,25,30)(H,26,28)(H,31,32). The Bertz CT molecular complexity index is 818. The molecule has 0 aliphatic heterocycles. The molecular weight excluding hydrogens is 448 g/mol. The van der Waals surface area contributed by atoms with Crippen LogP contribution in [-0.2, 0) is 25.6 Å². The summed E-state index contributed by atoms with van der Waals surface area (Å²) in [7, 11) is 0. The minimum absolute atomic E-state index is 0.103. The lowest BCUT2D eigenvalue weighted by atomic mass is 10.0. The maximum Gasteiger partial charge on any atom is 0.325 e. The molecule has 0 aromatic heterocycles. The molecule has 0 aliphatic rings. The second-order valence-electron chi connectivity index (χ2n) is 8.12. The summed E-state index contributed by atoms with van der Waals surface area (Å²) in [6.45, 7) is 4.83. The summed E-state index contributed by atoms with van der Waals surface area (Å²) in [5, 5.41) is 26.0. The average molecular weight is 483 g/mol. The van der Waals surface area contributed by atoms with E-state index < -0.39 is 47.9 Å². The molecule has 3 amide bonds. The van der Waals surface area contributed by atoms with E-state index in [9.17, 15) is 24.3 Å². The maximum atomic E-state index is 12.9. The van der Waals surface area contributed by atoms with E-state index in [4.69, 9.17) is 10.8 Å². The van der Waals surface area contributed by atoms with Gasteiger partial charge < -0.3 is 31.9 Å². The lowest BCUT2D eigenvalue weighted by Crippen LogP contribution is -2.58. The summed E-state index contributed by atoms with van der Waals surface area (Å²) in [5.74, 6) is -2.50. The van der Waals surface area contributed by atoms with Gasteiger partial charge in [-0.05, 0) is 55.4 Å². The monoisotopic (exact) mass is 482 g/mol. The van der Waals surface area contributed by atoms with E-state index in [0.29, 0.717) is 12.2 Å². The Hall–Kier alpha value is -2.79. The van der Waals surface area contributed by atoms with Gasteiger partial charge in [0.05, 0.1) is 6.04 Å². The number of hydrogen-bond donors (Lipinski definition) is 6. The van der Waals surface area contributed by atoms with Gasteiger partial charge in [-0.2, -0.15) is 11.8 Å². The van der Waals surface area contributed by atoms with Gasteiger partial charge >= 0.3 is 5.97 Å². The van der Waals surface area contributed by atoms with Crippen LogP contribution in [-0.4, -0.2) is 70.1 Å². The molecule has 0 bridgehead atoms. The molecule has 11 heteroatoms. The molecule has 1 aromatic carbocycles. The van der Waals surface area contributed by atoms with Gasteiger partial charge in [-0.3, -0.25) is 19.2 Å². The number of benzene rings is 1. The van der Waals surface area contributed by atoms with Crippen molar-refractivity contribution >= 4 is 35.5 Å². The molecule has 0 aliphatic carbocycles. The summed E-state index contributed by atoms with van der Waals surface area (Å²) in [6.07, 6.45) is 2.36. The zero-order valence-electron chi connectivity index (χ0n) is 19.3. The fourth-order valence-electron chi connectivity index (χ4n) is 2.92. The molecule has 184 valence electrons. The molecule has 0 spiro atoms. The highest BCUT2D eigenvalue weighted by Crippen LogP contribution is 2.12. The number of carboxylic acid groups (broad SMARTS) is 1. The molecule has 4 unspecified atom stereocenters. The average Bonchev–Trinajstić information content (AvgIpc) is 2.75. The zero-order chi connectivity index (χ0) is 25.1. The van der Waals surface area contributed by atoms with Crippen LogP contribution in [0.15, 0.2) is 24.3 Å². The molecule has 0 saturated heterocycles. The number of amides is 3. The number of phenols is 1. The van der Waals surface area contributed by atoms with Crippen molar-refractivity contribution in [2.24, 2.45) is 11.7 Å². The van der Waals surface area contributed by atoms with E-state index in [2.05, 4.69) is 16.0 Å². The Morgan fingerprint density at radius 2 is 1.58 bits per heavy atom. The van der Waals surface area contributed by atoms with Crippen LogP contribution < -0.4 is 21.7 Å². The Balaban J connectivity index is 2.84. The van der Waals surface area contributed by atoms with Crippen LogP contribution in [0.4, 0.5) is 0 Å². The summed E-state index contributed by atoms with van der Waals surface area (Å²) in [6, 6.07) is 2.38. The van der Waals surface area contributed by atoms with Gasteiger partial charge in [0, 0.05) is 0 Å². The van der Waals surface area contributed by atoms with Crippen LogP contribution in [0.2, 0.25) is 0 Å². The molecule has 0 saturated carbocycles. The largest absolute Gasteiger partial charge is 0.508 e. The SMILES string of the molecule is CSCCC(NC(=O)C(NC(=O)C(N)Cc1ccc(O)cc1)C(C)C)C(=O)NC(C)C(=O)O. The number of carbonyl (C=O) groups is 4. The highest BCUT2D eigenvalue weighted by molar-refractivity contribution is 7.98. The number of aliphatic carboxylic acids is 1. The van der Waals surface area contributed by atoms with Gasteiger partial charge in [-0.15, -0.1) is 0 Å². The van der Waals surface area contributed by atoms with Crippen LogP contribution >= 0.6 is 11.8 Å². The number of nitrogens with one attached hydrogen (secondary N) is 3. The lowest BCUT2D eigenvalue weighted by Gasteiger charge is -2.26. The molecule has 7 N–H and O–H groups in total. The first-order valence-electron chi connectivity index (χ1n) is 10.6. The normalized spacial score (nSPS) is 14.6. The van der Waals surface area contributed by atoms with Gasteiger partial charge in [0.15, 0.2) is 0 Å². The number of rotatable bonds is 13. The van der Waals surface area contributed by atoms with Crippen LogP contribution in [0.1, 0.15) is 32.8 Å². The quantitative estimate of drug-likeness (QED) is 0.232. The first-order valence-corrected chi connectivity index (χ1v) is 12.0. The number of thioether (sulfide) groups is 1. The smallest absolute Gasteiger partial charge is 0.325 e. The van der Waals surface area contributed by atoms with E-state index in [1.807, 2.05) is 6.26 Å². The van der Waals surface area contributed by atoms with Crippen molar-refractivity contribution in [1.29, 1.82) is 0 Å². The van der Waals surface area contributed by atoms with Gasteiger partial charge in [0.2, 0.25) is 17.7 Å². The zero-order valence-corrected chi connectivity index (χ0v) is 20.1. The van der Waals surface area contributed by atoms with E-state index in [-0.39, 0.29) is 18.1 Å². The molecule has 0 radical (unpaired) electrons. The van der Waals surface area contributed by atoms with Crippen LogP contribution in [0.5, 0.6) is 5.75 Å². The van der Waals surface area contributed by atoms with Crippen molar-refractivity contribution in [3.05, 3.63) is 29.8 Å². The third-order valence-electron chi connectivity index (χ3n) is 4.95. The van der Waals surface area contributed by atoms with Crippen molar-refractivity contribution in [3.8, 4) is 5.75 Å². The predicted molar refractivity (Wildman–Crippen MR) is 127 cm³/mol. The molecule has 0 heterocycles. The van der Waals surface area contributed by atoms with Gasteiger partial charge in [-0.25, -0.2) is 0 Å². The predicted octanol–water partition coefficient (Wildman–Crippen LogP) is 0.230. The van der Waals surface area contributed by atoms with Gasteiger partial charge in [0.1, 0.15) is 23.9 Å². The summed E-state index contributed by atoms with van der Waals surface area (Å²) in [5.41, 5.74) is 6.76. The Morgan fingerprint density at radius 1 is 0.970 bits per heavy atom. The second kappa shape index (κ2) is 13.7. The Kier molecular flexibility index (Phi) is 11.7. The Labute approximate surface area is 198 Å². The third-order valence-corrected chi connectivity index (χ3v) is 5.59. The number of carbonyl (C=O) groups excluding carboxylic acids is 3. The number of carboxylic acids is 1. The van der Waals surface area contributed by atoms with Crippen LogP contribution in [0.3, 0.4) is 0 Å². The van der Waals surface area contributed by atoms with Crippen LogP contribution in [0, 0.1) is 5.92 Å². The second-order valence-corrected chi connectivity index (χ2v) is 9.10. The number of nitrogens with two attached hydrogens (primary N) is 1. The fourth-order valence-corrected chi connectivity index (χ4v) is 3.39. The topological polar surface area (TPSA) is 171 Å². The number of hydrogen-bond acceptors (Lipinski definition) is 7. The molecule has 33 heavy (non-hydrogen) atoms. The highest BCUT2D eigenvalue weighted by Gasteiger charge is 2.30. The van der Waals surface area contributed by atoms with E-state index in [1.54, 1.807) is 26.0 Å². The van der Waals surface area contributed by atoms with Crippen molar-refractivity contribution in [1.82, 2.24) is 16.0 Å². The summed E-state index contributed by atoms with van der Waals surface area (Å²) >= 11 is 1.48. The van der Waals surface area contributed by atoms with Gasteiger partial charge in [0.25, 0.3) is 0 Å². The molecule has 10 nitrogen and oxygen atoms in total. The third kappa shape index (κ3) is 9.70. The fraction of sp³-hybridized carbons (Fsp3) is 0.545. The summed E-state index contributed by atoms with van der Waals surface area (Å²) < 4.78 is 0. The minimum Gasteiger partial charge on any atom is -0.508 e. The lowest BCUT2D eigenvalue weighted by molar-refractivity contribution is -0.141. The first-order chi connectivity index (χ1) is 15.5. The van der Waals surface area contributed by atoms with Crippen molar-refractivity contribution in [2.75, 3.05) is 12.0 Å². The Morgan fingerprint density at radius 3 is 2.09 bits per heavy atom. The molecular formula is C22H34N4O6S.